The van der Waals surface area contributed by atoms with Crippen molar-refractivity contribution in [3.8, 4) is 0 Å². The van der Waals surface area contributed by atoms with Crippen LogP contribution in [0.1, 0.15) is 12.5 Å². The normalized spacial score (nSPS) is 16.2. The van der Waals surface area contributed by atoms with Crippen LogP contribution in [0, 0.1) is 0 Å². The average Bonchev–Trinajstić information content (AvgIpc) is 2.61. The lowest BCUT2D eigenvalue weighted by molar-refractivity contribution is 0.144. The molecule has 0 radical (unpaired) electrons. The highest BCUT2D eigenvalue weighted by atomic mass is 32.2. The number of methoxy groups -OCH3 is 1. The number of aliphatic imine (C=N–C) groups is 1. The van der Waals surface area contributed by atoms with E-state index in [0.29, 0.717) is 16.6 Å². The van der Waals surface area contributed by atoms with E-state index in [1.807, 2.05) is 6.92 Å². The van der Waals surface area contributed by atoms with Crippen LogP contribution in [0.15, 0.2) is 29.3 Å². The SMILES string of the molecule is CCSC(N)=NC(=S)Cc1ccc(N2CCN(CCOC)CC2)cc1. The third kappa shape index (κ3) is 6.93. The van der Waals surface area contributed by atoms with Crippen molar-refractivity contribution in [3.05, 3.63) is 29.8 Å². The summed E-state index contributed by atoms with van der Waals surface area (Å²) in [5, 5.41) is 0.551. The molecular formula is C18H28N4OS2. The first-order chi connectivity index (χ1) is 12.1. The van der Waals surface area contributed by atoms with Gasteiger partial charge in [-0.05, 0) is 23.4 Å². The molecule has 1 fully saturated rings. The molecule has 7 heteroatoms. The first kappa shape index (κ1) is 20.2. The number of hydrogen-bond acceptors (Lipinski definition) is 5. The Kier molecular flexibility index (Phi) is 8.67. The quantitative estimate of drug-likeness (QED) is 0.445. The van der Waals surface area contributed by atoms with Crippen LogP contribution < -0.4 is 10.6 Å². The molecule has 0 saturated carbocycles. The number of rotatable bonds is 7. The predicted octanol–water partition coefficient (Wildman–Crippen LogP) is 2.39. The molecule has 138 valence electrons. The average molecular weight is 381 g/mol. The number of piperazine rings is 1. The van der Waals surface area contributed by atoms with E-state index in [-0.39, 0.29) is 0 Å². The summed E-state index contributed by atoms with van der Waals surface area (Å²) < 4.78 is 5.15. The van der Waals surface area contributed by atoms with E-state index < -0.39 is 0 Å². The van der Waals surface area contributed by atoms with Crippen molar-refractivity contribution in [2.75, 3.05) is 57.1 Å². The second-order valence-electron chi connectivity index (χ2n) is 5.94. The second-order valence-corrected chi connectivity index (χ2v) is 7.70. The van der Waals surface area contributed by atoms with Gasteiger partial charge in [0.15, 0.2) is 5.17 Å². The van der Waals surface area contributed by atoms with Crippen molar-refractivity contribution in [1.82, 2.24) is 4.90 Å². The van der Waals surface area contributed by atoms with Gasteiger partial charge >= 0.3 is 0 Å². The van der Waals surface area contributed by atoms with Gasteiger partial charge < -0.3 is 15.4 Å². The Bertz CT molecular complexity index is 569. The molecule has 0 amide bonds. The van der Waals surface area contributed by atoms with Gasteiger partial charge in [0.1, 0.15) is 4.99 Å². The number of ether oxygens (including phenoxy) is 1. The molecule has 5 nitrogen and oxygen atoms in total. The lowest BCUT2D eigenvalue weighted by Gasteiger charge is -2.36. The number of thiocarbonyl (C=S) groups is 1. The fraction of sp³-hybridized carbons (Fsp3) is 0.556. The minimum atomic E-state index is 0.551. The first-order valence-electron chi connectivity index (χ1n) is 8.67. The number of anilines is 1. The molecule has 0 atom stereocenters. The zero-order valence-electron chi connectivity index (χ0n) is 15.1. The van der Waals surface area contributed by atoms with Crippen LogP contribution in [0.4, 0.5) is 5.69 Å². The summed E-state index contributed by atoms with van der Waals surface area (Å²) >= 11 is 6.84. The minimum Gasteiger partial charge on any atom is -0.383 e. The molecule has 25 heavy (non-hydrogen) atoms. The lowest BCUT2D eigenvalue weighted by Crippen LogP contribution is -2.47. The van der Waals surface area contributed by atoms with E-state index in [4.69, 9.17) is 22.7 Å². The summed E-state index contributed by atoms with van der Waals surface area (Å²) in [5.41, 5.74) is 8.25. The van der Waals surface area contributed by atoms with Crippen molar-refractivity contribution in [3.63, 3.8) is 0 Å². The molecule has 2 N–H and O–H groups in total. The topological polar surface area (TPSA) is 54.1 Å². The van der Waals surface area contributed by atoms with Crippen molar-refractivity contribution >= 4 is 39.8 Å². The van der Waals surface area contributed by atoms with Crippen LogP contribution in [-0.2, 0) is 11.2 Å². The van der Waals surface area contributed by atoms with E-state index in [2.05, 4.69) is 39.1 Å². The zero-order valence-corrected chi connectivity index (χ0v) is 16.7. The Morgan fingerprint density at radius 3 is 2.52 bits per heavy atom. The van der Waals surface area contributed by atoms with Crippen molar-refractivity contribution in [2.45, 2.75) is 13.3 Å². The molecule has 1 heterocycles. The molecule has 0 spiro atoms. The molecule has 1 aliphatic rings. The number of thioether (sulfide) groups is 1. The maximum Gasteiger partial charge on any atom is 0.159 e. The number of benzene rings is 1. The maximum absolute atomic E-state index is 5.81. The monoisotopic (exact) mass is 380 g/mol. The molecule has 1 aliphatic heterocycles. The van der Waals surface area contributed by atoms with Crippen LogP contribution >= 0.6 is 24.0 Å². The van der Waals surface area contributed by atoms with Gasteiger partial charge in [0.05, 0.1) is 6.61 Å². The number of nitrogens with zero attached hydrogens (tertiary/aromatic N) is 3. The van der Waals surface area contributed by atoms with Gasteiger partial charge in [-0.3, -0.25) is 4.90 Å². The van der Waals surface area contributed by atoms with Gasteiger partial charge in [-0.2, -0.15) is 0 Å². The Hall–Kier alpha value is -1.15. The van der Waals surface area contributed by atoms with Gasteiger partial charge in [0.2, 0.25) is 0 Å². The third-order valence-corrected chi connectivity index (χ3v) is 5.08. The molecule has 0 aromatic heterocycles. The summed E-state index contributed by atoms with van der Waals surface area (Å²) in [5.74, 6) is 0.908. The summed E-state index contributed by atoms with van der Waals surface area (Å²) in [6.07, 6.45) is 0.658. The molecule has 0 aliphatic carbocycles. The molecular weight excluding hydrogens is 352 g/mol. The van der Waals surface area contributed by atoms with Gasteiger partial charge in [0.25, 0.3) is 0 Å². The van der Waals surface area contributed by atoms with Crippen LogP contribution in [0.3, 0.4) is 0 Å². The molecule has 1 aromatic carbocycles. The highest BCUT2D eigenvalue weighted by Gasteiger charge is 2.16. The fourth-order valence-electron chi connectivity index (χ4n) is 2.79. The Labute approximate surface area is 160 Å². The Morgan fingerprint density at radius 2 is 1.92 bits per heavy atom. The van der Waals surface area contributed by atoms with Gasteiger partial charge in [-0.15, -0.1) is 0 Å². The predicted molar refractivity (Wildman–Crippen MR) is 113 cm³/mol. The van der Waals surface area contributed by atoms with E-state index in [0.717, 1.165) is 45.1 Å². The van der Waals surface area contributed by atoms with Crippen molar-refractivity contribution in [1.29, 1.82) is 0 Å². The van der Waals surface area contributed by atoms with Gasteiger partial charge in [0, 0.05) is 51.9 Å². The lowest BCUT2D eigenvalue weighted by atomic mass is 10.1. The van der Waals surface area contributed by atoms with Crippen LogP contribution in [0.25, 0.3) is 0 Å². The molecule has 2 rings (SSSR count). The van der Waals surface area contributed by atoms with Crippen molar-refractivity contribution in [2.24, 2.45) is 10.7 Å². The highest BCUT2D eigenvalue weighted by Crippen LogP contribution is 2.18. The Balaban J connectivity index is 1.84. The fourth-order valence-corrected chi connectivity index (χ4v) is 3.59. The van der Waals surface area contributed by atoms with Crippen LogP contribution in [0.5, 0.6) is 0 Å². The number of amidine groups is 1. The number of nitrogens with two attached hydrogens (primary N) is 1. The smallest absolute Gasteiger partial charge is 0.159 e. The van der Waals surface area contributed by atoms with E-state index in [9.17, 15) is 0 Å². The third-order valence-electron chi connectivity index (χ3n) is 4.17. The molecule has 1 saturated heterocycles. The highest BCUT2D eigenvalue weighted by molar-refractivity contribution is 8.13. The van der Waals surface area contributed by atoms with E-state index in [1.165, 1.54) is 23.0 Å². The molecule has 0 bridgehead atoms. The first-order valence-corrected chi connectivity index (χ1v) is 10.1. The summed E-state index contributed by atoms with van der Waals surface area (Å²) in [6, 6.07) is 8.63. The van der Waals surface area contributed by atoms with Gasteiger partial charge in [-0.1, -0.05) is 43.0 Å². The maximum atomic E-state index is 5.81. The Morgan fingerprint density at radius 1 is 1.24 bits per heavy atom. The zero-order chi connectivity index (χ0) is 18.1. The van der Waals surface area contributed by atoms with Crippen molar-refractivity contribution < 1.29 is 4.74 Å². The van der Waals surface area contributed by atoms with Crippen LogP contribution in [0.2, 0.25) is 0 Å². The summed E-state index contributed by atoms with van der Waals surface area (Å²) in [4.78, 5) is 9.78. The van der Waals surface area contributed by atoms with E-state index in [1.54, 1.807) is 7.11 Å². The molecule has 0 unspecified atom stereocenters. The van der Waals surface area contributed by atoms with E-state index >= 15 is 0 Å². The summed E-state index contributed by atoms with van der Waals surface area (Å²) in [7, 11) is 1.76. The minimum absolute atomic E-state index is 0.551. The van der Waals surface area contributed by atoms with Gasteiger partial charge in [-0.25, -0.2) is 4.99 Å². The second kappa shape index (κ2) is 10.8. The molecule has 1 aromatic rings. The largest absolute Gasteiger partial charge is 0.383 e. The number of hydrogen-bond donors (Lipinski definition) is 1. The summed E-state index contributed by atoms with van der Waals surface area (Å²) in [6.45, 7) is 8.13. The van der Waals surface area contributed by atoms with Crippen LogP contribution in [-0.4, -0.2) is 67.2 Å². The standard InChI is InChI=1S/C18H28N4OS2/c1-3-25-18(19)20-17(24)14-15-4-6-16(7-5-15)22-10-8-21(9-11-22)12-13-23-2/h4-7H,3,8-14H2,1-2H3,(H2,19,20,24).